The molecule has 0 aliphatic heterocycles. The Balaban J connectivity index is 1.86. The van der Waals surface area contributed by atoms with E-state index >= 15 is 0 Å². The highest BCUT2D eigenvalue weighted by Crippen LogP contribution is 2.23. The minimum atomic E-state index is -0.381. The van der Waals surface area contributed by atoms with Crippen molar-refractivity contribution in [3.63, 3.8) is 0 Å². The molecule has 0 saturated heterocycles. The molecule has 110 valence electrons. The predicted octanol–water partition coefficient (Wildman–Crippen LogP) is 4.09. The predicted molar refractivity (Wildman–Crippen MR) is 83.5 cm³/mol. The maximum Gasteiger partial charge on any atom is 0.336 e. The van der Waals surface area contributed by atoms with Crippen molar-refractivity contribution in [1.29, 1.82) is 0 Å². The number of phenols is 1. The molecule has 2 aromatic carbocycles. The summed E-state index contributed by atoms with van der Waals surface area (Å²) in [6, 6.07) is 13.8. The van der Waals surface area contributed by atoms with Gasteiger partial charge < -0.3 is 9.52 Å². The summed E-state index contributed by atoms with van der Waals surface area (Å²) in [7, 11) is 0. The molecule has 0 atom stereocenters. The fourth-order valence-corrected chi connectivity index (χ4v) is 2.21. The summed E-state index contributed by atoms with van der Waals surface area (Å²) < 4.78 is 5.17. The molecule has 1 N–H and O–H groups in total. The lowest BCUT2D eigenvalue weighted by Crippen LogP contribution is -1.97. The van der Waals surface area contributed by atoms with Crippen molar-refractivity contribution in [2.75, 3.05) is 0 Å². The van der Waals surface area contributed by atoms with E-state index in [9.17, 15) is 9.90 Å². The molecular formula is C17H14N2O3. The summed E-state index contributed by atoms with van der Waals surface area (Å²) in [5, 5.41) is 18.7. The van der Waals surface area contributed by atoms with Crippen LogP contribution in [0.3, 0.4) is 0 Å². The second-order valence-corrected chi connectivity index (χ2v) is 4.96. The van der Waals surface area contributed by atoms with Crippen molar-refractivity contribution in [1.82, 2.24) is 0 Å². The molecule has 0 spiro atoms. The van der Waals surface area contributed by atoms with Gasteiger partial charge in [0, 0.05) is 23.1 Å². The summed E-state index contributed by atoms with van der Waals surface area (Å²) >= 11 is 0. The Hall–Kier alpha value is -2.95. The first-order valence-electron chi connectivity index (χ1n) is 6.82. The monoisotopic (exact) mass is 294 g/mol. The van der Waals surface area contributed by atoms with E-state index in [1.165, 1.54) is 6.07 Å². The van der Waals surface area contributed by atoms with Crippen LogP contribution >= 0.6 is 0 Å². The largest absolute Gasteiger partial charge is 0.508 e. The zero-order valence-electron chi connectivity index (χ0n) is 12.0. The smallest absolute Gasteiger partial charge is 0.336 e. The third kappa shape index (κ3) is 2.88. The van der Waals surface area contributed by atoms with Gasteiger partial charge in [0.05, 0.1) is 12.2 Å². The first kappa shape index (κ1) is 14.0. The third-order valence-corrected chi connectivity index (χ3v) is 3.35. The van der Waals surface area contributed by atoms with Crippen LogP contribution in [0.1, 0.15) is 11.1 Å². The van der Waals surface area contributed by atoms with E-state index in [4.69, 9.17) is 4.42 Å². The number of hydrogen-bond acceptors (Lipinski definition) is 5. The number of rotatable bonds is 3. The van der Waals surface area contributed by atoms with Crippen molar-refractivity contribution in [3.8, 4) is 5.75 Å². The Morgan fingerprint density at radius 3 is 2.77 bits per heavy atom. The second-order valence-electron chi connectivity index (χ2n) is 4.96. The van der Waals surface area contributed by atoms with E-state index in [0.717, 1.165) is 10.9 Å². The quantitative estimate of drug-likeness (QED) is 0.584. The summed E-state index contributed by atoms with van der Waals surface area (Å²) in [4.78, 5) is 11.4. The van der Waals surface area contributed by atoms with Crippen LogP contribution in [-0.4, -0.2) is 5.11 Å². The van der Waals surface area contributed by atoms with Crippen LogP contribution in [0.15, 0.2) is 68.0 Å². The molecule has 0 aliphatic rings. The number of para-hydroxylation sites is 1. The maximum absolute atomic E-state index is 11.4. The van der Waals surface area contributed by atoms with E-state index in [1.807, 2.05) is 25.1 Å². The average Bonchev–Trinajstić information content (AvgIpc) is 2.48. The van der Waals surface area contributed by atoms with Gasteiger partial charge in [-0.05, 0) is 30.7 Å². The maximum atomic E-state index is 11.4. The molecule has 3 rings (SSSR count). The molecule has 1 aromatic heterocycles. The third-order valence-electron chi connectivity index (χ3n) is 3.35. The minimum Gasteiger partial charge on any atom is -0.508 e. The van der Waals surface area contributed by atoms with Gasteiger partial charge in [-0.2, -0.15) is 10.2 Å². The van der Waals surface area contributed by atoms with Crippen LogP contribution in [0.25, 0.3) is 11.0 Å². The lowest BCUT2D eigenvalue weighted by molar-refractivity contribution is 0.468. The van der Waals surface area contributed by atoms with Crippen molar-refractivity contribution < 1.29 is 9.52 Å². The van der Waals surface area contributed by atoms with Gasteiger partial charge >= 0.3 is 5.63 Å². The van der Waals surface area contributed by atoms with Crippen LogP contribution in [-0.2, 0) is 6.54 Å². The topological polar surface area (TPSA) is 75.2 Å². The summed E-state index contributed by atoms with van der Waals surface area (Å²) in [6.07, 6.45) is 0. The Bertz CT molecular complexity index is 913. The number of aromatic hydroxyl groups is 1. The number of phenolic OH excluding ortho intramolecular Hbond substituents is 1. The average molecular weight is 294 g/mol. The van der Waals surface area contributed by atoms with Crippen LogP contribution in [0.2, 0.25) is 0 Å². The standard InChI is InChI=1S/C17H14N2O3/c1-11-8-17(21)22-16-9-13(6-7-14(11)16)19-18-10-12-4-2-3-5-15(12)20/h2-9,20H,10H2,1H3. The molecule has 0 amide bonds. The van der Waals surface area contributed by atoms with E-state index in [1.54, 1.807) is 24.3 Å². The number of aryl methyl sites for hydroxylation is 1. The second kappa shape index (κ2) is 5.81. The minimum absolute atomic E-state index is 0.196. The molecule has 5 heteroatoms. The van der Waals surface area contributed by atoms with Gasteiger partial charge in [0.15, 0.2) is 0 Å². The first-order chi connectivity index (χ1) is 10.6. The van der Waals surface area contributed by atoms with E-state index in [-0.39, 0.29) is 17.9 Å². The molecule has 0 bridgehead atoms. The van der Waals surface area contributed by atoms with Gasteiger partial charge in [-0.1, -0.05) is 18.2 Å². The van der Waals surface area contributed by atoms with Crippen LogP contribution in [0.5, 0.6) is 5.75 Å². The zero-order valence-corrected chi connectivity index (χ0v) is 12.0. The SMILES string of the molecule is Cc1cc(=O)oc2cc(N=NCc3ccccc3O)ccc12. The number of benzene rings is 2. The number of nitrogens with zero attached hydrogens (tertiary/aromatic N) is 2. The van der Waals surface area contributed by atoms with Crippen LogP contribution in [0, 0.1) is 6.92 Å². The zero-order chi connectivity index (χ0) is 15.5. The van der Waals surface area contributed by atoms with Gasteiger partial charge in [0.2, 0.25) is 0 Å². The van der Waals surface area contributed by atoms with Crippen LogP contribution < -0.4 is 5.63 Å². The molecule has 1 heterocycles. The van der Waals surface area contributed by atoms with Crippen molar-refractivity contribution >= 4 is 16.7 Å². The van der Waals surface area contributed by atoms with Gasteiger partial charge in [0.25, 0.3) is 0 Å². The number of fused-ring (bicyclic) bond motifs is 1. The van der Waals surface area contributed by atoms with E-state index in [0.29, 0.717) is 16.8 Å². The highest BCUT2D eigenvalue weighted by atomic mass is 16.4. The molecule has 0 fully saturated rings. The lowest BCUT2D eigenvalue weighted by Gasteiger charge is -2.01. The van der Waals surface area contributed by atoms with E-state index < -0.39 is 0 Å². The molecule has 0 saturated carbocycles. The summed E-state index contributed by atoms with van der Waals surface area (Å²) in [5.41, 5.74) is 2.27. The Labute approximate surface area is 126 Å². The highest BCUT2D eigenvalue weighted by molar-refractivity contribution is 5.82. The Kier molecular flexibility index (Phi) is 3.70. The Morgan fingerprint density at radius 1 is 1.14 bits per heavy atom. The summed E-state index contributed by atoms with van der Waals surface area (Å²) in [6.45, 7) is 2.14. The lowest BCUT2D eigenvalue weighted by atomic mass is 10.1. The van der Waals surface area contributed by atoms with E-state index in [2.05, 4.69) is 10.2 Å². The molecule has 3 aromatic rings. The highest BCUT2D eigenvalue weighted by Gasteiger charge is 2.03. The van der Waals surface area contributed by atoms with Gasteiger partial charge in [0.1, 0.15) is 11.3 Å². The molecule has 0 radical (unpaired) electrons. The fraction of sp³-hybridized carbons (Fsp3) is 0.118. The van der Waals surface area contributed by atoms with Crippen molar-refractivity contribution in [2.45, 2.75) is 13.5 Å². The van der Waals surface area contributed by atoms with Crippen molar-refractivity contribution in [3.05, 3.63) is 70.1 Å². The molecule has 5 nitrogen and oxygen atoms in total. The van der Waals surface area contributed by atoms with Crippen molar-refractivity contribution in [2.24, 2.45) is 10.2 Å². The van der Waals surface area contributed by atoms with Gasteiger partial charge in [-0.3, -0.25) is 0 Å². The van der Waals surface area contributed by atoms with Crippen LogP contribution in [0.4, 0.5) is 5.69 Å². The summed E-state index contributed by atoms with van der Waals surface area (Å²) in [5.74, 6) is 0.196. The Morgan fingerprint density at radius 2 is 1.95 bits per heavy atom. The first-order valence-corrected chi connectivity index (χ1v) is 6.82. The molecule has 0 unspecified atom stereocenters. The van der Waals surface area contributed by atoms with Gasteiger partial charge in [-0.15, -0.1) is 0 Å². The molecule has 0 aliphatic carbocycles. The number of azo groups is 1. The molecular weight excluding hydrogens is 280 g/mol. The normalized spacial score (nSPS) is 11.3. The fourth-order valence-electron chi connectivity index (χ4n) is 2.21. The molecule has 22 heavy (non-hydrogen) atoms. The van der Waals surface area contributed by atoms with Gasteiger partial charge in [-0.25, -0.2) is 4.79 Å². The number of hydrogen-bond donors (Lipinski definition) is 1.